The lowest BCUT2D eigenvalue weighted by Crippen LogP contribution is -2.52. The normalized spacial score (nSPS) is 16.3. The lowest BCUT2D eigenvalue weighted by molar-refractivity contribution is 0.300. The lowest BCUT2D eigenvalue weighted by Gasteiger charge is -2.47. The summed E-state index contributed by atoms with van der Waals surface area (Å²) in [6.45, 7) is 4.42. The molecule has 1 aromatic carbocycles. The molecule has 0 saturated carbocycles. The van der Waals surface area contributed by atoms with E-state index in [1.807, 2.05) is 35.2 Å². The molecule has 3 N–H and O–H groups in total. The molecule has 1 aliphatic heterocycles. The highest BCUT2D eigenvalue weighted by Gasteiger charge is 2.43. The summed E-state index contributed by atoms with van der Waals surface area (Å²) in [5, 5.41) is 21.5. The van der Waals surface area contributed by atoms with E-state index in [4.69, 9.17) is 10.8 Å². The summed E-state index contributed by atoms with van der Waals surface area (Å²) in [4.78, 5) is 28.8. The maximum absolute atomic E-state index is 14.1. The predicted molar refractivity (Wildman–Crippen MR) is 152 cm³/mol. The zero-order valence-corrected chi connectivity index (χ0v) is 22.5. The Bertz CT molecular complexity index is 1710. The van der Waals surface area contributed by atoms with Crippen LogP contribution < -0.4 is 16.2 Å². The Balaban J connectivity index is 0.00000168. The average Bonchev–Trinajstić information content (AvgIpc) is 3.53. The number of nitrogens with zero attached hydrogens (tertiary/aromatic N) is 9. The molecule has 38 heavy (non-hydrogen) atoms. The molecule has 14 heteroatoms. The van der Waals surface area contributed by atoms with Gasteiger partial charge in [0.05, 0.1) is 23.0 Å². The molecule has 1 saturated heterocycles. The van der Waals surface area contributed by atoms with Crippen LogP contribution in [0.1, 0.15) is 30.0 Å². The second kappa shape index (κ2) is 10.2. The van der Waals surface area contributed by atoms with Gasteiger partial charge < -0.3 is 10.6 Å². The van der Waals surface area contributed by atoms with E-state index in [1.165, 1.54) is 6.33 Å². The summed E-state index contributed by atoms with van der Waals surface area (Å²) in [6, 6.07) is 13.0. The minimum absolute atomic E-state index is 0. The summed E-state index contributed by atoms with van der Waals surface area (Å²) in [6.07, 6.45) is 3.13. The molecular formula is C24H25N11OS2. The number of nitrogens with two attached hydrogens (primary N) is 1. The van der Waals surface area contributed by atoms with Crippen molar-refractivity contribution in [2.45, 2.75) is 19.9 Å². The third-order valence-corrected chi connectivity index (χ3v) is 6.49. The Morgan fingerprint density at radius 2 is 1.92 bits per heavy atom. The second-order valence-electron chi connectivity index (χ2n) is 8.74. The van der Waals surface area contributed by atoms with E-state index >= 15 is 0 Å². The first kappa shape index (κ1) is 26.7. The van der Waals surface area contributed by atoms with E-state index in [0.717, 1.165) is 0 Å². The molecule has 194 valence electrons. The largest absolute Gasteiger partial charge is 0.368 e. The number of hydrogen-bond donors (Lipinski definition) is 2. The fraction of sp³-hybridized carbons (Fsp3) is 0.208. The van der Waals surface area contributed by atoms with Crippen LogP contribution in [0, 0.1) is 24.2 Å². The molecule has 0 aliphatic carbocycles. The molecule has 1 fully saturated rings. The van der Waals surface area contributed by atoms with Crippen molar-refractivity contribution in [2.75, 3.05) is 17.2 Å². The second-order valence-corrected chi connectivity index (χ2v) is 8.74. The summed E-state index contributed by atoms with van der Waals surface area (Å²) in [5.41, 5.74) is 8.20. The van der Waals surface area contributed by atoms with Crippen molar-refractivity contribution in [3.63, 3.8) is 0 Å². The maximum atomic E-state index is 14.1. The third-order valence-electron chi connectivity index (χ3n) is 6.49. The summed E-state index contributed by atoms with van der Waals surface area (Å²) in [7, 11) is 0. The smallest absolute Gasteiger partial charge is 0.283 e. The third kappa shape index (κ3) is 4.05. The van der Waals surface area contributed by atoms with Gasteiger partial charge in [-0.2, -0.15) is 47.4 Å². The van der Waals surface area contributed by atoms with Crippen LogP contribution in [-0.2, 0) is 0 Å². The van der Waals surface area contributed by atoms with Crippen LogP contribution in [0.2, 0.25) is 0 Å². The fourth-order valence-electron chi connectivity index (χ4n) is 4.85. The van der Waals surface area contributed by atoms with Gasteiger partial charge in [0.25, 0.3) is 5.56 Å². The van der Waals surface area contributed by atoms with E-state index in [9.17, 15) is 10.1 Å². The van der Waals surface area contributed by atoms with Crippen LogP contribution >= 0.6 is 27.0 Å². The topological polar surface area (TPSA) is 160 Å². The minimum atomic E-state index is -0.334. The van der Waals surface area contributed by atoms with E-state index < -0.39 is 0 Å². The summed E-state index contributed by atoms with van der Waals surface area (Å²) in [5.74, 6) is 1.65. The molecule has 0 amide bonds. The first-order valence-electron chi connectivity index (χ1n) is 11.3. The van der Waals surface area contributed by atoms with E-state index in [0.29, 0.717) is 52.0 Å². The van der Waals surface area contributed by atoms with Crippen LogP contribution in [0.5, 0.6) is 0 Å². The van der Waals surface area contributed by atoms with Gasteiger partial charge in [0.15, 0.2) is 17.5 Å². The fourth-order valence-corrected chi connectivity index (χ4v) is 4.85. The van der Waals surface area contributed by atoms with Crippen molar-refractivity contribution in [1.82, 2.24) is 39.3 Å². The van der Waals surface area contributed by atoms with Gasteiger partial charge in [-0.05, 0) is 25.1 Å². The Morgan fingerprint density at radius 3 is 2.58 bits per heavy atom. The van der Waals surface area contributed by atoms with E-state index in [2.05, 4.69) is 38.1 Å². The number of aromatic nitrogens is 8. The lowest BCUT2D eigenvalue weighted by atomic mass is 9.88. The number of aryl methyl sites for hydroxylation is 1. The van der Waals surface area contributed by atoms with Crippen LogP contribution in [0.3, 0.4) is 0 Å². The Kier molecular flexibility index (Phi) is 7.16. The maximum Gasteiger partial charge on any atom is 0.283 e. The molecule has 1 unspecified atom stereocenters. The van der Waals surface area contributed by atoms with Crippen LogP contribution in [0.15, 0.2) is 53.7 Å². The molecule has 0 bridgehead atoms. The predicted octanol–water partition coefficient (Wildman–Crippen LogP) is 2.25. The molecule has 4 aromatic heterocycles. The molecular weight excluding hydrogens is 522 g/mol. The van der Waals surface area contributed by atoms with Gasteiger partial charge in [-0.1, -0.05) is 25.1 Å². The Morgan fingerprint density at radius 1 is 1.16 bits per heavy atom. The number of fused-ring (bicyclic) bond motifs is 1. The highest BCUT2D eigenvalue weighted by atomic mass is 32.1. The first-order chi connectivity index (χ1) is 17.5. The molecule has 0 radical (unpaired) electrons. The average molecular weight is 548 g/mol. The molecule has 12 nitrogen and oxygen atoms in total. The molecule has 6 rings (SSSR count). The standard InChI is InChI=1S/C24H21N11O.2H2S/c1-13-11-33(21-17(10-25)14(2)29-24(26)30-21)18(13)22-32-34-9-8-16(20-27-12-28-31-20)19(34)23(36)35(22)15-6-4-3-5-7-15;;/h3-9,12-13,18H,11H2,1-2H3,(H2,26,29,30)(H,27,28,31);2*1H2/t13-,18?;;/m0../s1. The zero-order valence-electron chi connectivity index (χ0n) is 20.5. The van der Waals surface area contributed by atoms with Crippen molar-refractivity contribution >= 4 is 44.3 Å². The molecule has 5 heterocycles. The molecule has 2 atom stereocenters. The van der Waals surface area contributed by atoms with Crippen LogP contribution in [-0.4, -0.2) is 45.9 Å². The number of aromatic amines is 1. The van der Waals surface area contributed by atoms with Crippen molar-refractivity contribution in [1.29, 1.82) is 5.26 Å². The van der Waals surface area contributed by atoms with Gasteiger partial charge in [0.1, 0.15) is 23.5 Å². The summed E-state index contributed by atoms with van der Waals surface area (Å²) >= 11 is 0. The van der Waals surface area contributed by atoms with Gasteiger partial charge in [-0.25, -0.2) is 14.5 Å². The Labute approximate surface area is 231 Å². The number of hydrogen-bond acceptors (Lipinski definition) is 9. The Hall–Kier alpha value is -4.35. The van der Waals surface area contributed by atoms with E-state index in [-0.39, 0.29) is 50.5 Å². The number of nitrogen functional groups attached to an aromatic ring is 1. The molecule has 5 aromatic rings. The number of benzene rings is 1. The van der Waals surface area contributed by atoms with E-state index in [1.54, 1.807) is 28.3 Å². The monoisotopic (exact) mass is 547 g/mol. The quantitative estimate of drug-likeness (QED) is 0.344. The number of H-pyrrole nitrogens is 1. The van der Waals surface area contributed by atoms with Gasteiger partial charge >= 0.3 is 0 Å². The molecule has 1 aliphatic rings. The summed E-state index contributed by atoms with van der Waals surface area (Å²) < 4.78 is 3.19. The SMILES string of the molecule is Cc1nc(N)nc(N2C[C@H](C)C2c2nn3ccc(-c4ncn[nH]4)c3c(=O)n2-c2ccccc2)c1C#N.S.S. The number of anilines is 2. The van der Waals surface area contributed by atoms with Gasteiger partial charge in [-0.15, -0.1) is 0 Å². The van der Waals surface area contributed by atoms with Gasteiger partial charge in [0.2, 0.25) is 5.95 Å². The zero-order chi connectivity index (χ0) is 25.0. The first-order valence-corrected chi connectivity index (χ1v) is 11.3. The van der Waals surface area contributed by atoms with Crippen molar-refractivity contribution in [3.05, 3.63) is 76.4 Å². The highest BCUT2D eigenvalue weighted by Crippen LogP contribution is 2.42. The van der Waals surface area contributed by atoms with Crippen LogP contribution in [0.25, 0.3) is 22.6 Å². The van der Waals surface area contributed by atoms with Gasteiger partial charge in [0, 0.05) is 18.7 Å². The number of para-hydroxylation sites is 1. The highest BCUT2D eigenvalue weighted by molar-refractivity contribution is 7.59. The minimum Gasteiger partial charge on any atom is -0.368 e. The molecule has 0 spiro atoms. The number of rotatable bonds is 4. The van der Waals surface area contributed by atoms with Crippen molar-refractivity contribution in [3.8, 4) is 23.1 Å². The van der Waals surface area contributed by atoms with Crippen molar-refractivity contribution in [2.24, 2.45) is 5.92 Å². The number of nitrogens with one attached hydrogen (secondary N) is 1. The van der Waals surface area contributed by atoms with Gasteiger partial charge in [-0.3, -0.25) is 14.5 Å². The van der Waals surface area contributed by atoms with Crippen molar-refractivity contribution < 1.29 is 0 Å². The number of nitriles is 1. The van der Waals surface area contributed by atoms with Crippen LogP contribution in [0.4, 0.5) is 11.8 Å².